The number of nitrogens with zero attached hydrogens (tertiary/aromatic N) is 4. The van der Waals surface area contributed by atoms with Crippen LogP contribution in [0.2, 0.25) is 10.0 Å². The smallest absolute Gasteiger partial charge is 0.353 e. The number of hydrogen-bond acceptors (Lipinski definition) is 8. The lowest BCUT2D eigenvalue weighted by molar-refractivity contribution is -0.383. The molecule has 2 heterocycles. The van der Waals surface area contributed by atoms with Crippen molar-refractivity contribution >= 4 is 52.2 Å². The van der Waals surface area contributed by atoms with E-state index in [0.717, 1.165) is 0 Å². The monoisotopic (exact) mass is 425 g/mol. The summed E-state index contributed by atoms with van der Waals surface area (Å²) < 4.78 is 4.77. The highest BCUT2D eigenvalue weighted by Crippen LogP contribution is 2.37. The van der Waals surface area contributed by atoms with Gasteiger partial charge in [-0.15, -0.1) is 0 Å². The molecule has 0 atom stereocenters. The van der Waals surface area contributed by atoms with Crippen LogP contribution in [0.25, 0.3) is 0 Å². The minimum absolute atomic E-state index is 0.0225. The van der Waals surface area contributed by atoms with Gasteiger partial charge in [0.05, 0.1) is 28.7 Å². The number of esters is 1. The van der Waals surface area contributed by atoms with Crippen LogP contribution in [0, 0.1) is 16.0 Å². The van der Waals surface area contributed by atoms with E-state index in [1.807, 2.05) is 0 Å². The van der Waals surface area contributed by atoms with E-state index in [-0.39, 0.29) is 29.2 Å². The summed E-state index contributed by atoms with van der Waals surface area (Å²) in [6.45, 7) is 0.886. The summed E-state index contributed by atoms with van der Waals surface area (Å²) in [5.41, 5.74) is 0.174. The third-order valence-corrected chi connectivity index (χ3v) is 5.05. The second-order valence-electron chi connectivity index (χ2n) is 6.19. The number of halogens is 2. The molecule has 148 valence electrons. The van der Waals surface area contributed by atoms with E-state index in [4.69, 9.17) is 27.9 Å². The number of carbonyl (C=O) groups is 1. The average molecular weight is 426 g/mol. The van der Waals surface area contributed by atoms with Gasteiger partial charge in [-0.2, -0.15) is 0 Å². The SMILES string of the molecule is COC(=O)C1CCN(c2ncnc(Nc3ccc(Cl)cc3Cl)c2[N+](=O)[O-])CC1. The maximum absolute atomic E-state index is 11.8. The van der Waals surface area contributed by atoms with E-state index < -0.39 is 4.92 Å². The Morgan fingerprint density at radius 3 is 2.64 bits per heavy atom. The standard InChI is InChI=1S/C17H17Cl2N5O4/c1-28-17(25)10-4-6-23(7-5-10)16-14(24(26)27)15(20-9-21-16)22-13-3-2-11(18)8-12(13)19/h2-3,8-10H,4-7H2,1H3,(H,20,21,22). The molecule has 9 nitrogen and oxygen atoms in total. The molecule has 28 heavy (non-hydrogen) atoms. The first-order valence-corrected chi connectivity index (χ1v) is 9.20. The Morgan fingerprint density at radius 1 is 1.32 bits per heavy atom. The molecule has 0 amide bonds. The lowest BCUT2D eigenvalue weighted by Gasteiger charge is -2.31. The van der Waals surface area contributed by atoms with Gasteiger partial charge in [-0.25, -0.2) is 9.97 Å². The van der Waals surface area contributed by atoms with Crippen LogP contribution < -0.4 is 10.2 Å². The van der Waals surface area contributed by atoms with E-state index in [1.54, 1.807) is 17.0 Å². The second kappa shape index (κ2) is 8.57. The molecule has 1 saturated heterocycles. The summed E-state index contributed by atoms with van der Waals surface area (Å²) in [5, 5.41) is 15.4. The van der Waals surface area contributed by atoms with Crippen molar-refractivity contribution in [2.24, 2.45) is 5.92 Å². The van der Waals surface area contributed by atoms with Gasteiger partial charge < -0.3 is 15.0 Å². The molecule has 11 heteroatoms. The average Bonchev–Trinajstić information content (AvgIpc) is 2.69. The van der Waals surface area contributed by atoms with Crippen LogP contribution >= 0.6 is 23.2 Å². The first kappa shape index (κ1) is 20.1. The van der Waals surface area contributed by atoms with Crippen LogP contribution in [0.15, 0.2) is 24.5 Å². The first-order chi connectivity index (χ1) is 13.4. The Morgan fingerprint density at radius 2 is 2.04 bits per heavy atom. The normalized spacial score (nSPS) is 14.6. The number of carbonyl (C=O) groups excluding carboxylic acids is 1. The molecule has 0 unspecified atom stereocenters. The number of methoxy groups -OCH3 is 1. The zero-order valence-electron chi connectivity index (χ0n) is 14.9. The Kier molecular flexibility index (Phi) is 6.15. The van der Waals surface area contributed by atoms with Crippen molar-refractivity contribution in [2.75, 3.05) is 30.4 Å². The largest absolute Gasteiger partial charge is 0.469 e. The molecule has 3 rings (SSSR count). The van der Waals surface area contributed by atoms with Gasteiger partial charge in [0.2, 0.25) is 11.6 Å². The van der Waals surface area contributed by atoms with Crippen molar-refractivity contribution in [2.45, 2.75) is 12.8 Å². The number of aromatic nitrogens is 2. The highest BCUT2D eigenvalue weighted by atomic mass is 35.5. The summed E-state index contributed by atoms with van der Waals surface area (Å²) >= 11 is 12.0. The van der Waals surface area contributed by atoms with Gasteiger partial charge >= 0.3 is 11.7 Å². The predicted molar refractivity (Wildman–Crippen MR) is 105 cm³/mol. The van der Waals surface area contributed by atoms with Crippen molar-refractivity contribution in [1.82, 2.24) is 9.97 Å². The van der Waals surface area contributed by atoms with E-state index >= 15 is 0 Å². The molecule has 0 aliphatic carbocycles. The van der Waals surface area contributed by atoms with Crippen LogP contribution in [-0.2, 0) is 9.53 Å². The zero-order chi connectivity index (χ0) is 20.3. The molecule has 1 aliphatic rings. The number of anilines is 3. The molecule has 1 fully saturated rings. The zero-order valence-corrected chi connectivity index (χ0v) is 16.4. The molecule has 2 aromatic rings. The maximum atomic E-state index is 11.8. The quantitative estimate of drug-likeness (QED) is 0.437. The van der Waals surface area contributed by atoms with Gasteiger partial charge in [0.15, 0.2) is 0 Å². The Labute approximate surface area is 170 Å². The van der Waals surface area contributed by atoms with Crippen molar-refractivity contribution in [1.29, 1.82) is 0 Å². The molecule has 0 spiro atoms. The summed E-state index contributed by atoms with van der Waals surface area (Å²) in [6, 6.07) is 4.75. The van der Waals surface area contributed by atoms with Crippen LogP contribution in [0.4, 0.5) is 23.0 Å². The topological polar surface area (TPSA) is 110 Å². The number of hydrogen-bond donors (Lipinski definition) is 1. The van der Waals surface area contributed by atoms with E-state index in [1.165, 1.54) is 19.5 Å². The van der Waals surface area contributed by atoms with E-state index in [0.29, 0.717) is 41.7 Å². The molecule has 1 aromatic carbocycles. The third kappa shape index (κ3) is 4.26. The fourth-order valence-electron chi connectivity index (χ4n) is 3.07. The molecule has 1 N–H and O–H groups in total. The predicted octanol–water partition coefficient (Wildman–Crippen LogP) is 3.82. The highest BCUT2D eigenvalue weighted by Gasteiger charge is 2.32. The molecule has 1 aromatic heterocycles. The Hall–Kier alpha value is -2.65. The number of ether oxygens (including phenoxy) is 1. The van der Waals surface area contributed by atoms with Crippen molar-refractivity contribution in [3.8, 4) is 0 Å². The van der Waals surface area contributed by atoms with Gasteiger partial charge in [0.25, 0.3) is 0 Å². The van der Waals surface area contributed by atoms with Crippen LogP contribution in [0.5, 0.6) is 0 Å². The Bertz CT molecular complexity index is 903. The molecular weight excluding hydrogens is 409 g/mol. The van der Waals surface area contributed by atoms with Gasteiger partial charge in [0.1, 0.15) is 6.33 Å². The van der Waals surface area contributed by atoms with Crippen molar-refractivity contribution < 1.29 is 14.5 Å². The molecule has 0 saturated carbocycles. The summed E-state index contributed by atoms with van der Waals surface area (Å²) in [7, 11) is 1.35. The highest BCUT2D eigenvalue weighted by molar-refractivity contribution is 6.36. The van der Waals surface area contributed by atoms with Crippen molar-refractivity contribution in [3.05, 3.63) is 44.7 Å². The van der Waals surface area contributed by atoms with Crippen LogP contribution in [-0.4, -0.2) is 41.1 Å². The Balaban J connectivity index is 1.88. The van der Waals surface area contributed by atoms with Crippen LogP contribution in [0.3, 0.4) is 0 Å². The minimum Gasteiger partial charge on any atom is -0.469 e. The number of nitro groups is 1. The summed E-state index contributed by atoms with van der Waals surface area (Å²) in [4.78, 5) is 32.8. The van der Waals surface area contributed by atoms with Gasteiger partial charge in [-0.1, -0.05) is 23.2 Å². The van der Waals surface area contributed by atoms with E-state index in [9.17, 15) is 14.9 Å². The van der Waals surface area contributed by atoms with Crippen molar-refractivity contribution in [3.63, 3.8) is 0 Å². The molecule has 0 bridgehead atoms. The summed E-state index contributed by atoms with van der Waals surface area (Å²) in [5.74, 6) is -0.269. The van der Waals surface area contributed by atoms with E-state index in [2.05, 4.69) is 15.3 Å². The first-order valence-electron chi connectivity index (χ1n) is 8.45. The van der Waals surface area contributed by atoms with Gasteiger partial charge in [0, 0.05) is 18.1 Å². The lowest BCUT2D eigenvalue weighted by Crippen LogP contribution is -2.37. The summed E-state index contributed by atoms with van der Waals surface area (Å²) in [6.07, 6.45) is 2.31. The number of rotatable bonds is 5. The van der Waals surface area contributed by atoms with Gasteiger partial charge in [-0.3, -0.25) is 14.9 Å². The van der Waals surface area contributed by atoms with Crippen LogP contribution in [0.1, 0.15) is 12.8 Å². The minimum atomic E-state index is -0.534. The fourth-order valence-corrected chi connectivity index (χ4v) is 3.53. The molecule has 0 radical (unpaired) electrons. The molecule has 1 aliphatic heterocycles. The number of piperidine rings is 1. The second-order valence-corrected chi connectivity index (χ2v) is 7.03. The van der Waals surface area contributed by atoms with Gasteiger partial charge in [-0.05, 0) is 31.0 Å². The number of benzene rings is 1. The third-order valence-electron chi connectivity index (χ3n) is 4.50. The molecular formula is C17H17Cl2N5O4. The lowest BCUT2D eigenvalue weighted by atomic mass is 9.97. The number of nitrogens with one attached hydrogen (secondary N) is 1. The fraction of sp³-hybridized carbons (Fsp3) is 0.353. The maximum Gasteiger partial charge on any atom is 0.353 e.